The third-order valence-electron chi connectivity index (χ3n) is 2.16. The van der Waals surface area contributed by atoms with Gasteiger partial charge in [0, 0.05) is 4.91 Å². The maximum Gasteiger partial charge on any atom is 0.335 e. The first-order chi connectivity index (χ1) is 8.65. The Morgan fingerprint density at radius 3 is 2.72 bits per heavy atom. The molecule has 96 valence electrons. The second kappa shape index (κ2) is 7.26. The smallest absolute Gasteiger partial charge is 0.335 e. The molecule has 1 rings (SSSR count). The highest BCUT2D eigenvalue weighted by atomic mass is 19.1. The Labute approximate surface area is 103 Å². The zero-order chi connectivity index (χ0) is 13.4. The number of carbonyl (C=O) groups is 1. The summed E-state index contributed by atoms with van der Waals surface area (Å²) in [7, 11) is 0. The predicted octanol–water partition coefficient (Wildman–Crippen LogP) is 2.30. The standard InChI is InChI=1S/C11H12FN3O3/c12-9(6-14-15-13)10(11(16)17)18-7-8-4-2-1-3-5-8/h1-5,9-10H,6-7H2,(H,16,17)/t9-,10?/m1/s1. The maximum atomic E-state index is 13.4. The number of rotatable bonds is 7. The normalized spacial score (nSPS) is 13.4. The van der Waals surface area contributed by atoms with Gasteiger partial charge >= 0.3 is 5.97 Å². The molecule has 0 radical (unpaired) electrons. The molecule has 0 saturated carbocycles. The quantitative estimate of drug-likeness (QED) is 0.458. The van der Waals surface area contributed by atoms with Crippen LogP contribution in [0.2, 0.25) is 0 Å². The number of benzene rings is 1. The number of hydrogen-bond donors (Lipinski definition) is 1. The van der Waals surface area contributed by atoms with Crippen LogP contribution in [-0.4, -0.2) is 29.9 Å². The van der Waals surface area contributed by atoms with E-state index in [0.29, 0.717) is 0 Å². The third-order valence-corrected chi connectivity index (χ3v) is 2.16. The van der Waals surface area contributed by atoms with Crippen LogP contribution >= 0.6 is 0 Å². The average Bonchev–Trinajstić information content (AvgIpc) is 2.37. The van der Waals surface area contributed by atoms with Crippen LogP contribution in [0.1, 0.15) is 5.56 Å². The molecule has 6 nitrogen and oxygen atoms in total. The minimum atomic E-state index is -1.87. The maximum absolute atomic E-state index is 13.4. The van der Waals surface area contributed by atoms with Crippen molar-refractivity contribution in [1.29, 1.82) is 0 Å². The first-order valence-corrected chi connectivity index (χ1v) is 5.18. The number of azide groups is 1. The van der Waals surface area contributed by atoms with Gasteiger partial charge in [-0.25, -0.2) is 9.18 Å². The molecule has 0 saturated heterocycles. The van der Waals surface area contributed by atoms with E-state index < -0.39 is 24.8 Å². The minimum absolute atomic E-state index is 0.0194. The van der Waals surface area contributed by atoms with E-state index in [1.165, 1.54) is 0 Å². The lowest BCUT2D eigenvalue weighted by Gasteiger charge is -2.16. The van der Waals surface area contributed by atoms with Crippen molar-refractivity contribution in [3.63, 3.8) is 0 Å². The van der Waals surface area contributed by atoms with Gasteiger partial charge in [-0.05, 0) is 11.1 Å². The highest BCUT2D eigenvalue weighted by molar-refractivity contribution is 5.73. The van der Waals surface area contributed by atoms with Crippen LogP contribution in [-0.2, 0) is 16.1 Å². The topological polar surface area (TPSA) is 95.3 Å². The summed E-state index contributed by atoms with van der Waals surface area (Å²) in [5.74, 6) is -1.42. The number of aliphatic carboxylic acids is 1. The van der Waals surface area contributed by atoms with Crippen LogP contribution in [0.4, 0.5) is 4.39 Å². The van der Waals surface area contributed by atoms with Gasteiger partial charge in [0.25, 0.3) is 0 Å². The fourth-order valence-corrected chi connectivity index (χ4v) is 1.30. The van der Waals surface area contributed by atoms with Crippen LogP contribution in [0.5, 0.6) is 0 Å². The highest BCUT2D eigenvalue weighted by Gasteiger charge is 2.28. The van der Waals surface area contributed by atoms with Gasteiger partial charge in [-0.3, -0.25) is 0 Å². The van der Waals surface area contributed by atoms with Crippen LogP contribution in [0, 0.1) is 0 Å². The monoisotopic (exact) mass is 253 g/mol. The van der Waals surface area contributed by atoms with E-state index in [4.69, 9.17) is 15.4 Å². The summed E-state index contributed by atoms with van der Waals surface area (Å²) in [6.45, 7) is -0.587. The van der Waals surface area contributed by atoms with Gasteiger partial charge in [0.15, 0.2) is 6.10 Å². The molecule has 1 aromatic carbocycles. The van der Waals surface area contributed by atoms with Gasteiger partial charge in [-0.2, -0.15) is 0 Å². The summed E-state index contributed by atoms with van der Waals surface area (Å²) >= 11 is 0. The first-order valence-electron chi connectivity index (χ1n) is 5.18. The summed E-state index contributed by atoms with van der Waals surface area (Å²) in [5.41, 5.74) is 8.78. The Bertz CT molecular complexity index is 434. The fraction of sp³-hybridized carbons (Fsp3) is 0.364. The van der Waals surface area contributed by atoms with Crippen molar-refractivity contribution in [2.45, 2.75) is 18.9 Å². The van der Waals surface area contributed by atoms with E-state index in [1.807, 2.05) is 0 Å². The van der Waals surface area contributed by atoms with Crippen molar-refractivity contribution in [3.05, 3.63) is 46.3 Å². The van der Waals surface area contributed by atoms with E-state index in [2.05, 4.69) is 10.0 Å². The van der Waals surface area contributed by atoms with Gasteiger partial charge in [-0.15, -0.1) is 0 Å². The van der Waals surface area contributed by atoms with Crippen molar-refractivity contribution < 1.29 is 19.0 Å². The van der Waals surface area contributed by atoms with Gasteiger partial charge in [0.2, 0.25) is 0 Å². The molecule has 0 aliphatic heterocycles. The molecule has 0 aliphatic carbocycles. The summed E-state index contributed by atoms with van der Waals surface area (Å²) in [4.78, 5) is 13.2. The van der Waals surface area contributed by atoms with Crippen LogP contribution in [0.15, 0.2) is 35.4 Å². The minimum Gasteiger partial charge on any atom is -0.479 e. The second-order valence-corrected chi connectivity index (χ2v) is 3.48. The lowest BCUT2D eigenvalue weighted by molar-refractivity contribution is -0.155. The molecule has 18 heavy (non-hydrogen) atoms. The molecular weight excluding hydrogens is 241 g/mol. The van der Waals surface area contributed by atoms with Crippen molar-refractivity contribution in [2.24, 2.45) is 5.11 Å². The molecule has 0 heterocycles. The van der Waals surface area contributed by atoms with Crippen molar-refractivity contribution in [3.8, 4) is 0 Å². The number of alkyl halides is 1. The van der Waals surface area contributed by atoms with E-state index in [0.717, 1.165) is 5.56 Å². The van der Waals surface area contributed by atoms with Gasteiger partial charge in [0.1, 0.15) is 6.17 Å². The lowest BCUT2D eigenvalue weighted by Crippen LogP contribution is -2.35. The summed E-state index contributed by atoms with van der Waals surface area (Å²) in [6, 6.07) is 8.81. The third kappa shape index (κ3) is 4.40. The second-order valence-electron chi connectivity index (χ2n) is 3.48. The molecular formula is C11H12FN3O3. The predicted molar refractivity (Wildman–Crippen MR) is 61.6 cm³/mol. The molecule has 0 aliphatic rings. The Morgan fingerprint density at radius 2 is 2.17 bits per heavy atom. The highest BCUT2D eigenvalue weighted by Crippen LogP contribution is 2.10. The Balaban J connectivity index is 2.58. The number of halogens is 1. The molecule has 0 fully saturated rings. The zero-order valence-corrected chi connectivity index (χ0v) is 9.44. The van der Waals surface area contributed by atoms with Crippen LogP contribution in [0.3, 0.4) is 0 Å². The Hall–Kier alpha value is -2.11. The number of carboxylic acid groups (broad SMARTS) is 1. The molecule has 7 heteroatoms. The first kappa shape index (κ1) is 14.0. The molecule has 0 aromatic heterocycles. The van der Waals surface area contributed by atoms with E-state index in [1.54, 1.807) is 30.3 Å². The largest absolute Gasteiger partial charge is 0.479 e. The van der Waals surface area contributed by atoms with Gasteiger partial charge in [0.05, 0.1) is 13.2 Å². The number of ether oxygens (including phenoxy) is 1. The molecule has 0 amide bonds. The summed E-state index contributed by atoms with van der Waals surface area (Å²) in [6.07, 6.45) is -3.52. The average molecular weight is 253 g/mol. The Kier molecular flexibility index (Phi) is 5.63. The molecule has 0 bridgehead atoms. The van der Waals surface area contributed by atoms with Crippen molar-refractivity contribution >= 4 is 5.97 Å². The Morgan fingerprint density at radius 1 is 1.50 bits per heavy atom. The molecule has 2 atom stereocenters. The summed E-state index contributed by atoms with van der Waals surface area (Å²) < 4.78 is 18.4. The van der Waals surface area contributed by atoms with Crippen LogP contribution < -0.4 is 0 Å². The van der Waals surface area contributed by atoms with E-state index >= 15 is 0 Å². The fourth-order valence-electron chi connectivity index (χ4n) is 1.30. The van der Waals surface area contributed by atoms with Crippen LogP contribution in [0.25, 0.3) is 10.4 Å². The molecule has 1 unspecified atom stereocenters. The molecule has 1 N–H and O–H groups in total. The number of carboxylic acids is 1. The number of nitrogens with zero attached hydrogens (tertiary/aromatic N) is 3. The summed E-state index contributed by atoms with van der Waals surface area (Å²) in [5, 5.41) is 11.8. The molecule has 1 aromatic rings. The van der Waals surface area contributed by atoms with Crippen molar-refractivity contribution in [2.75, 3.05) is 6.54 Å². The van der Waals surface area contributed by atoms with E-state index in [-0.39, 0.29) is 6.61 Å². The SMILES string of the molecule is [N-]=[N+]=NC[C@@H](F)C(OCc1ccccc1)C(=O)O. The zero-order valence-electron chi connectivity index (χ0n) is 9.44. The van der Waals surface area contributed by atoms with Gasteiger partial charge < -0.3 is 9.84 Å². The van der Waals surface area contributed by atoms with Gasteiger partial charge in [-0.1, -0.05) is 35.4 Å². The number of hydrogen-bond acceptors (Lipinski definition) is 3. The lowest BCUT2D eigenvalue weighted by atomic mass is 10.2. The van der Waals surface area contributed by atoms with E-state index in [9.17, 15) is 9.18 Å². The van der Waals surface area contributed by atoms with Crippen molar-refractivity contribution in [1.82, 2.24) is 0 Å². The molecule has 0 spiro atoms.